The summed E-state index contributed by atoms with van der Waals surface area (Å²) in [6.07, 6.45) is 3.88. The van der Waals surface area contributed by atoms with E-state index in [1.165, 1.54) is 22.2 Å². The molecule has 0 aliphatic carbocycles. The highest BCUT2D eigenvalue weighted by atomic mass is 15.1. The van der Waals surface area contributed by atoms with Crippen LogP contribution in [0.4, 0.5) is 0 Å². The molecule has 1 aromatic heterocycles. The monoisotopic (exact) mass is 298 g/mol. The second kappa shape index (κ2) is 9.26. The Labute approximate surface area is 135 Å². The first-order valence-corrected chi connectivity index (χ1v) is 8.35. The van der Waals surface area contributed by atoms with Crippen LogP contribution in [0.15, 0.2) is 37.4 Å². The van der Waals surface area contributed by atoms with Crippen molar-refractivity contribution in [3.8, 4) is 0 Å². The van der Waals surface area contributed by atoms with Crippen molar-refractivity contribution in [1.82, 2.24) is 9.47 Å². The zero-order valence-corrected chi connectivity index (χ0v) is 14.6. The van der Waals surface area contributed by atoms with Gasteiger partial charge >= 0.3 is 0 Å². The predicted octanol–water partition coefficient (Wildman–Crippen LogP) is 5.30. The molecule has 0 spiro atoms. The summed E-state index contributed by atoms with van der Waals surface area (Å²) in [5.74, 6) is 0. The first-order valence-electron chi connectivity index (χ1n) is 8.35. The summed E-state index contributed by atoms with van der Waals surface area (Å²) in [6.45, 7) is 20.6. The topological polar surface area (TPSA) is 8.17 Å². The van der Waals surface area contributed by atoms with E-state index in [0.717, 1.165) is 26.2 Å². The van der Waals surface area contributed by atoms with Crippen LogP contribution in [0.5, 0.6) is 0 Å². The number of benzene rings is 1. The van der Waals surface area contributed by atoms with Crippen LogP contribution in [0.25, 0.3) is 23.1 Å². The first kappa shape index (κ1) is 18.2. The zero-order chi connectivity index (χ0) is 16.5. The van der Waals surface area contributed by atoms with Crippen molar-refractivity contribution in [3.05, 3.63) is 48.7 Å². The molecular weight excluding hydrogens is 268 g/mol. The van der Waals surface area contributed by atoms with Crippen molar-refractivity contribution in [1.29, 1.82) is 0 Å². The Balaban J connectivity index is 0.00000116. The highest BCUT2D eigenvalue weighted by molar-refractivity contribution is 5.93. The molecule has 22 heavy (non-hydrogen) atoms. The first-order chi connectivity index (χ1) is 10.8. The van der Waals surface area contributed by atoms with Crippen LogP contribution in [-0.4, -0.2) is 29.1 Å². The van der Waals surface area contributed by atoms with Gasteiger partial charge in [-0.1, -0.05) is 65.1 Å². The van der Waals surface area contributed by atoms with Crippen molar-refractivity contribution in [2.24, 2.45) is 0 Å². The fourth-order valence-corrected chi connectivity index (χ4v) is 2.81. The summed E-state index contributed by atoms with van der Waals surface area (Å²) >= 11 is 0. The normalized spacial score (nSPS) is 10.4. The second-order valence-corrected chi connectivity index (χ2v) is 4.90. The summed E-state index contributed by atoms with van der Waals surface area (Å²) in [5, 5.41) is 1.26. The standard InChI is InChI=1S/C18H24N2.C2H6/c1-5-15-16-11-9-10-12-18(16)20(17(15)6-2)14-13-19(7-3)8-4;1-2/h5-6,9-12H,1-2,7-8,13-14H2,3-4H3;1-2H3. The number of aromatic nitrogens is 1. The lowest BCUT2D eigenvalue weighted by Gasteiger charge is -2.19. The number of rotatable bonds is 7. The van der Waals surface area contributed by atoms with Crippen molar-refractivity contribution in [3.63, 3.8) is 0 Å². The van der Waals surface area contributed by atoms with E-state index < -0.39 is 0 Å². The van der Waals surface area contributed by atoms with Gasteiger partial charge < -0.3 is 9.47 Å². The maximum Gasteiger partial charge on any atom is 0.0491 e. The largest absolute Gasteiger partial charge is 0.339 e. The molecular formula is C20H30N2. The van der Waals surface area contributed by atoms with E-state index in [1.807, 2.05) is 26.0 Å². The van der Waals surface area contributed by atoms with Gasteiger partial charge in [0.2, 0.25) is 0 Å². The molecule has 0 atom stereocenters. The van der Waals surface area contributed by atoms with Gasteiger partial charge in [-0.15, -0.1) is 0 Å². The van der Waals surface area contributed by atoms with E-state index in [1.54, 1.807) is 0 Å². The lowest BCUT2D eigenvalue weighted by atomic mass is 10.1. The van der Waals surface area contributed by atoms with Crippen molar-refractivity contribution >= 4 is 23.1 Å². The minimum Gasteiger partial charge on any atom is -0.339 e. The summed E-state index contributed by atoms with van der Waals surface area (Å²) in [7, 11) is 0. The third kappa shape index (κ3) is 3.69. The number of hydrogen-bond acceptors (Lipinski definition) is 1. The quantitative estimate of drug-likeness (QED) is 0.674. The number of hydrogen-bond donors (Lipinski definition) is 0. The Bertz CT molecular complexity index is 603. The minimum atomic E-state index is 0.984. The Hall–Kier alpha value is -1.80. The smallest absolute Gasteiger partial charge is 0.0491 e. The highest BCUT2D eigenvalue weighted by Crippen LogP contribution is 2.28. The second-order valence-electron chi connectivity index (χ2n) is 4.90. The molecule has 1 aromatic carbocycles. The van der Waals surface area contributed by atoms with Crippen LogP contribution in [0.3, 0.4) is 0 Å². The molecule has 2 aromatic rings. The summed E-state index contributed by atoms with van der Waals surface area (Å²) in [4.78, 5) is 2.44. The van der Waals surface area contributed by atoms with Crippen LogP contribution in [0, 0.1) is 0 Å². The van der Waals surface area contributed by atoms with E-state index >= 15 is 0 Å². The lowest BCUT2D eigenvalue weighted by Crippen LogP contribution is -2.27. The molecule has 2 heteroatoms. The summed E-state index contributed by atoms with van der Waals surface area (Å²) in [5.41, 5.74) is 3.63. The molecule has 0 fully saturated rings. The molecule has 0 saturated heterocycles. The van der Waals surface area contributed by atoms with E-state index in [2.05, 4.69) is 60.7 Å². The molecule has 0 aliphatic heterocycles. The molecule has 0 bridgehead atoms. The molecule has 0 radical (unpaired) electrons. The fraction of sp³-hybridized carbons (Fsp3) is 0.400. The molecule has 2 nitrogen and oxygen atoms in total. The van der Waals surface area contributed by atoms with Gasteiger partial charge in [0.15, 0.2) is 0 Å². The molecule has 0 saturated carbocycles. The van der Waals surface area contributed by atoms with Gasteiger partial charge in [-0.3, -0.25) is 0 Å². The van der Waals surface area contributed by atoms with E-state index in [-0.39, 0.29) is 0 Å². The Morgan fingerprint density at radius 3 is 2.23 bits per heavy atom. The van der Waals surface area contributed by atoms with Gasteiger partial charge in [0.05, 0.1) is 0 Å². The van der Waals surface area contributed by atoms with Crippen LogP contribution in [0.2, 0.25) is 0 Å². The molecule has 0 aliphatic rings. The Morgan fingerprint density at radius 1 is 1.05 bits per heavy atom. The van der Waals surface area contributed by atoms with E-state index in [0.29, 0.717) is 0 Å². The number of nitrogens with zero attached hydrogens (tertiary/aromatic N) is 2. The molecule has 1 heterocycles. The fourth-order valence-electron chi connectivity index (χ4n) is 2.81. The Morgan fingerprint density at radius 2 is 1.68 bits per heavy atom. The number of para-hydroxylation sites is 1. The maximum atomic E-state index is 3.98. The number of fused-ring (bicyclic) bond motifs is 1. The van der Waals surface area contributed by atoms with Crippen LogP contribution >= 0.6 is 0 Å². The average molecular weight is 298 g/mol. The van der Waals surface area contributed by atoms with Gasteiger partial charge in [0.25, 0.3) is 0 Å². The number of likely N-dealkylation sites (N-methyl/N-ethyl adjacent to an activating group) is 1. The van der Waals surface area contributed by atoms with Gasteiger partial charge in [-0.2, -0.15) is 0 Å². The Kier molecular flexibility index (Phi) is 7.69. The van der Waals surface area contributed by atoms with Crippen molar-refractivity contribution in [2.45, 2.75) is 34.2 Å². The van der Waals surface area contributed by atoms with Crippen LogP contribution in [-0.2, 0) is 6.54 Å². The third-order valence-electron chi connectivity index (χ3n) is 3.98. The van der Waals surface area contributed by atoms with Gasteiger partial charge in [0.1, 0.15) is 0 Å². The van der Waals surface area contributed by atoms with Crippen LogP contribution in [0.1, 0.15) is 39.0 Å². The summed E-state index contributed by atoms with van der Waals surface area (Å²) in [6, 6.07) is 8.51. The average Bonchev–Trinajstić information content (AvgIpc) is 2.90. The molecule has 0 amide bonds. The molecule has 120 valence electrons. The van der Waals surface area contributed by atoms with Crippen molar-refractivity contribution in [2.75, 3.05) is 19.6 Å². The molecule has 2 rings (SSSR count). The highest BCUT2D eigenvalue weighted by Gasteiger charge is 2.12. The molecule has 0 unspecified atom stereocenters. The molecule has 0 N–H and O–H groups in total. The van der Waals surface area contributed by atoms with E-state index in [4.69, 9.17) is 0 Å². The lowest BCUT2D eigenvalue weighted by molar-refractivity contribution is 0.292. The third-order valence-corrected chi connectivity index (χ3v) is 3.98. The van der Waals surface area contributed by atoms with Gasteiger partial charge in [-0.25, -0.2) is 0 Å². The van der Waals surface area contributed by atoms with Gasteiger partial charge in [0, 0.05) is 35.2 Å². The van der Waals surface area contributed by atoms with Crippen LogP contribution < -0.4 is 0 Å². The minimum absolute atomic E-state index is 0.984. The zero-order valence-electron chi connectivity index (χ0n) is 14.6. The van der Waals surface area contributed by atoms with Crippen molar-refractivity contribution < 1.29 is 0 Å². The van der Waals surface area contributed by atoms with Gasteiger partial charge in [-0.05, 0) is 25.2 Å². The predicted molar refractivity (Wildman–Crippen MR) is 101 cm³/mol. The maximum absolute atomic E-state index is 3.98. The van der Waals surface area contributed by atoms with E-state index in [9.17, 15) is 0 Å². The SMILES string of the molecule is C=Cc1c(C=C)n(CCN(CC)CC)c2ccccc12.CC. The summed E-state index contributed by atoms with van der Waals surface area (Å²) < 4.78 is 2.36.